The minimum absolute atomic E-state index is 0.104. The molecule has 1 aromatic heterocycles. The van der Waals surface area contributed by atoms with Crippen LogP contribution in [0.2, 0.25) is 0 Å². The van der Waals surface area contributed by atoms with Gasteiger partial charge in [-0.05, 0) is 55.5 Å². The lowest BCUT2D eigenvalue weighted by molar-refractivity contribution is -0.121. The Morgan fingerprint density at radius 3 is 2.64 bits per heavy atom. The minimum Gasteiger partial charge on any atom is -0.354 e. The van der Waals surface area contributed by atoms with Crippen LogP contribution in [0.15, 0.2) is 53.3 Å². The lowest BCUT2D eigenvalue weighted by atomic mass is 10.1. The van der Waals surface area contributed by atoms with Crippen LogP contribution in [-0.2, 0) is 17.6 Å². The second-order valence-corrected chi connectivity index (χ2v) is 6.41. The van der Waals surface area contributed by atoms with E-state index in [4.69, 9.17) is 0 Å². The summed E-state index contributed by atoms with van der Waals surface area (Å²) in [5.41, 5.74) is 2.39. The summed E-state index contributed by atoms with van der Waals surface area (Å²) in [6.07, 6.45) is 6.71. The Morgan fingerprint density at radius 1 is 1.18 bits per heavy atom. The van der Waals surface area contributed by atoms with Gasteiger partial charge in [-0.2, -0.15) is 0 Å². The lowest BCUT2D eigenvalue weighted by Gasteiger charge is -2.14. The van der Waals surface area contributed by atoms with Crippen LogP contribution in [-0.4, -0.2) is 16.9 Å². The molecule has 116 valence electrons. The number of hydrogen-bond acceptors (Lipinski definition) is 2. The second-order valence-electron chi connectivity index (χ2n) is 5.49. The number of aryl methyl sites for hydroxylation is 2. The van der Waals surface area contributed by atoms with Crippen molar-refractivity contribution in [2.45, 2.75) is 38.6 Å². The average Bonchev–Trinajstić information content (AvgIpc) is 2.53. The number of benzene rings is 1. The van der Waals surface area contributed by atoms with Crippen molar-refractivity contribution >= 4 is 21.8 Å². The monoisotopic (exact) mass is 360 g/mol. The van der Waals surface area contributed by atoms with Crippen molar-refractivity contribution in [3.05, 3.63) is 64.4 Å². The van der Waals surface area contributed by atoms with E-state index in [2.05, 4.69) is 45.3 Å². The van der Waals surface area contributed by atoms with Crippen molar-refractivity contribution in [1.29, 1.82) is 0 Å². The first-order valence-corrected chi connectivity index (χ1v) is 8.35. The molecule has 2 aromatic rings. The number of carbonyl (C=O) groups is 1. The summed E-state index contributed by atoms with van der Waals surface area (Å²) in [7, 11) is 0. The molecule has 1 amide bonds. The molecule has 1 aromatic carbocycles. The molecule has 1 N–H and O–H groups in total. The van der Waals surface area contributed by atoms with E-state index in [-0.39, 0.29) is 11.9 Å². The predicted molar refractivity (Wildman–Crippen MR) is 92.6 cm³/mol. The first kappa shape index (κ1) is 16.7. The SMILES string of the molecule is CC(CCc1ccc(Br)cc1)NC(=O)CCc1cccnc1. The van der Waals surface area contributed by atoms with Crippen molar-refractivity contribution in [3.8, 4) is 0 Å². The van der Waals surface area contributed by atoms with Gasteiger partial charge >= 0.3 is 0 Å². The smallest absolute Gasteiger partial charge is 0.220 e. The molecule has 2 rings (SSSR count). The molecule has 4 heteroatoms. The van der Waals surface area contributed by atoms with Crippen molar-refractivity contribution < 1.29 is 4.79 Å². The lowest BCUT2D eigenvalue weighted by Crippen LogP contribution is -2.33. The zero-order valence-electron chi connectivity index (χ0n) is 12.8. The maximum absolute atomic E-state index is 11.9. The minimum atomic E-state index is 0.104. The van der Waals surface area contributed by atoms with Crippen LogP contribution in [0.3, 0.4) is 0 Å². The Balaban J connectivity index is 1.68. The maximum atomic E-state index is 11.9. The zero-order chi connectivity index (χ0) is 15.8. The van der Waals surface area contributed by atoms with Crippen molar-refractivity contribution in [2.24, 2.45) is 0 Å². The summed E-state index contributed by atoms with van der Waals surface area (Å²) in [5.74, 6) is 0.104. The van der Waals surface area contributed by atoms with Crippen LogP contribution in [0.5, 0.6) is 0 Å². The number of amides is 1. The van der Waals surface area contributed by atoms with Crippen molar-refractivity contribution in [2.75, 3.05) is 0 Å². The third-order valence-electron chi connectivity index (χ3n) is 3.55. The summed E-state index contributed by atoms with van der Waals surface area (Å²) < 4.78 is 1.09. The standard InChI is InChI=1S/C18H21BrN2O/c1-14(4-5-15-6-9-17(19)10-7-15)21-18(22)11-8-16-3-2-12-20-13-16/h2-3,6-7,9-10,12-14H,4-5,8,11H2,1H3,(H,21,22). The van der Waals surface area contributed by atoms with E-state index < -0.39 is 0 Å². The van der Waals surface area contributed by atoms with Gasteiger partial charge in [-0.1, -0.05) is 34.1 Å². The molecule has 1 atom stereocenters. The third kappa shape index (κ3) is 5.98. The van der Waals surface area contributed by atoms with Crippen LogP contribution >= 0.6 is 15.9 Å². The number of carbonyl (C=O) groups excluding carboxylic acids is 1. The van der Waals surface area contributed by atoms with Crippen LogP contribution in [0.25, 0.3) is 0 Å². The molecule has 0 aliphatic rings. The highest BCUT2D eigenvalue weighted by molar-refractivity contribution is 9.10. The molecule has 0 bridgehead atoms. The largest absolute Gasteiger partial charge is 0.354 e. The quantitative estimate of drug-likeness (QED) is 0.812. The Morgan fingerprint density at radius 2 is 1.95 bits per heavy atom. The Kier molecular flexibility index (Phi) is 6.59. The van der Waals surface area contributed by atoms with Crippen LogP contribution in [0.4, 0.5) is 0 Å². The Bertz CT molecular complexity index is 584. The topological polar surface area (TPSA) is 42.0 Å². The van der Waals surface area contributed by atoms with Crippen molar-refractivity contribution in [1.82, 2.24) is 10.3 Å². The fourth-order valence-corrected chi connectivity index (χ4v) is 2.52. The molecule has 1 heterocycles. The van der Waals surface area contributed by atoms with Gasteiger partial charge in [0.25, 0.3) is 0 Å². The first-order valence-electron chi connectivity index (χ1n) is 7.56. The first-order chi connectivity index (χ1) is 10.6. The van der Waals surface area contributed by atoms with Gasteiger partial charge in [0.1, 0.15) is 0 Å². The average molecular weight is 361 g/mol. The number of pyridine rings is 1. The van der Waals surface area contributed by atoms with E-state index in [9.17, 15) is 4.79 Å². The number of hydrogen-bond donors (Lipinski definition) is 1. The molecule has 0 fully saturated rings. The van der Waals surface area contributed by atoms with Crippen LogP contribution < -0.4 is 5.32 Å². The summed E-state index contributed by atoms with van der Waals surface area (Å²) in [6, 6.07) is 12.4. The van der Waals surface area contributed by atoms with Gasteiger partial charge in [0, 0.05) is 29.3 Å². The molecule has 0 spiro atoms. The number of nitrogens with one attached hydrogen (secondary N) is 1. The van der Waals surface area contributed by atoms with Crippen LogP contribution in [0.1, 0.15) is 30.9 Å². The molecule has 0 aliphatic heterocycles. The fourth-order valence-electron chi connectivity index (χ4n) is 2.26. The maximum Gasteiger partial charge on any atom is 0.220 e. The van der Waals surface area contributed by atoms with E-state index in [0.29, 0.717) is 6.42 Å². The Labute approximate surface area is 140 Å². The molecule has 0 saturated heterocycles. The van der Waals surface area contributed by atoms with Gasteiger partial charge in [0.2, 0.25) is 5.91 Å². The molecule has 1 unspecified atom stereocenters. The number of halogens is 1. The van der Waals surface area contributed by atoms with Gasteiger partial charge < -0.3 is 5.32 Å². The summed E-state index contributed by atoms with van der Waals surface area (Å²) >= 11 is 3.43. The fraction of sp³-hybridized carbons (Fsp3) is 0.333. The normalized spacial score (nSPS) is 11.9. The predicted octanol–water partition coefficient (Wildman–Crippen LogP) is 3.91. The summed E-state index contributed by atoms with van der Waals surface area (Å²) in [6.45, 7) is 2.06. The highest BCUT2D eigenvalue weighted by Gasteiger charge is 2.08. The van der Waals surface area contributed by atoms with E-state index in [0.717, 1.165) is 29.3 Å². The molecule has 3 nitrogen and oxygen atoms in total. The third-order valence-corrected chi connectivity index (χ3v) is 4.08. The van der Waals surface area contributed by atoms with E-state index >= 15 is 0 Å². The molecule has 22 heavy (non-hydrogen) atoms. The van der Waals surface area contributed by atoms with Gasteiger partial charge in [0.15, 0.2) is 0 Å². The molecular weight excluding hydrogens is 340 g/mol. The summed E-state index contributed by atoms with van der Waals surface area (Å²) in [4.78, 5) is 16.0. The van der Waals surface area contributed by atoms with E-state index in [1.165, 1.54) is 5.56 Å². The van der Waals surface area contributed by atoms with Gasteiger partial charge in [-0.25, -0.2) is 0 Å². The second kappa shape index (κ2) is 8.69. The highest BCUT2D eigenvalue weighted by Crippen LogP contribution is 2.12. The van der Waals surface area contributed by atoms with Crippen molar-refractivity contribution in [3.63, 3.8) is 0 Å². The van der Waals surface area contributed by atoms with Crippen LogP contribution in [0, 0.1) is 0 Å². The van der Waals surface area contributed by atoms with Gasteiger partial charge in [0.05, 0.1) is 0 Å². The van der Waals surface area contributed by atoms with E-state index in [1.54, 1.807) is 6.20 Å². The molecule has 0 saturated carbocycles. The Hall–Kier alpha value is -1.68. The van der Waals surface area contributed by atoms with Gasteiger partial charge in [-0.3, -0.25) is 9.78 Å². The number of aromatic nitrogens is 1. The molecule has 0 radical (unpaired) electrons. The molecule has 0 aliphatic carbocycles. The zero-order valence-corrected chi connectivity index (χ0v) is 14.3. The highest BCUT2D eigenvalue weighted by atomic mass is 79.9. The molecular formula is C18H21BrN2O. The number of rotatable bonds is 7. The van der Waals surface area contributed by atoms with E-state index in [1.807, 2.05) is 30.5 Å². The number of nitrogens with zero attached hydrogens (tertiary/aromatic N) is 1. The van der Waals surface area contributed by atoms with Gasteiger partial charge in [-0.15, -0.1) is 0 Å². The summed E-state index contributed by atoms with van der Waals surface area (Å²) in [5, 5.41) is 3.06.